The SMILES string of the molecule is CC(Sc1nc2sc3c(c2c(=O)n1CC1CCCO1)CCC3)C(=O)N1c2ccccc2CC1C. The summed E-state index contributed by atoms with van der Waals surface area (Å²) in [7, 11) is 0. The molecule has 1 aliphatic carbocycles. The highest BCUT2D eigenvalue weighted by Gasteiger charge is 2.34. The Morgan fingerprint density at radius 2 is 2.15 bits per heavy atom. The first-order valence-corrected chi connectivity index (χ1v) is 13.9. The maximum absolute atomic E-state index is 13.7. The molecule has 1 saturated heterocycles. The Morgan fingerprint density at radius 3 is 2.97 bits per heavy atom. The maximum Gasteiger partial charge on any atom is 0.263 e. The van der Waals surface area contributed by atoms with E-state index in [1.165, 1.54) is 27.8 Å². The summed E-state index contributed by atoms with van der Waals surface area (Å²) in [5, 5.41) is 1.07. The summed E-state index contributed by atoms with van der Waals surface area (Å²) < 4.78 is 7.66. The number of rotatable bonds is 5. The number of anilines is 1. The van der Waals surface area contributed by atoms with E-state index < -0.39 is 0 Å². The van der Waals surface area contributed by atoms with Crippen molar-refractivity contribution in [3.63, 3.8) is 0 Å². The smallest absolute Gasteiger partial charge is 0.263 e. The minimum absolute atomic E-state index is 0.0273. The highest BCUT2D eigenvalue weighted by molar-refractivity contribution is 8.00. The summed E-state index contributed by atoms with van der Waals surface area (Å²) in [6, 6.07) is 8.26. The van der Waals surface area contributed by atoms with Crippen molar-refractivity contribution in [3.8, 4) is 0 Å². The van der Waals surface area contributed by atoms with Gasteiger partial charge in [0, 0.05) is 23.2 Å². The third-order valence-corrected chi connectivity index (χ3v) is 9.54. The van der Waals surface area contributed by atoms with Crippen LogP contribution in [0.2, 0.25) is 0 Å². The van der Waals surface area contributed by atoms with Gasteiger partial charge in [-0.15, -0.1) is 11.3 Å². The molecule has 178 valence electrons. The van der Waals surface area contributed by atoms with Gasteiger partial charge in [0.2, 0.25) is 5.91 Å². The zero-order valence-corrected chi connectivity index (χ0v) is 21.2. The van der Waals surface area contributed by atoms with Gasteiger partial charge in [0.25, 0.3) is 5.56 Å². The number of thioether (sulfide) groups is 1. The number of hydrogen-bond acceptors (Lipinski definition) is 6. The zero-order chi connectivity index (χ0) is 23.4. The average Bonchev–Trinajstić information content (AvgIpc) is 3.59. The summed E-state index contributed by atoms with van der Waals surface area (Å²) in [4.78, 5) is 36.4. The van der Waals surface area contributed by atoms with E-state index in [1.54, 1.807) is 15.9 Å². The number of para-hydroxylation sites is 1. The average molecular weight is 496 g/mol. The normalized spacial score (nSPS) is 22.4. The monoisotopic (exact) mass is 495 g/mol. The largest absolute Gasteiger partial charge is 0.376 e. The Bertz CT molecular complexity index is 1320. The molecule has 6 nitrogen and oxygen atoms in total. The van der Waals surface area contributed by atoms with Gasteiger partial charge in [-0.1, -0.05) is 30.0 Å². The van der Waals surface area contributed by atoms with Crippen molar-refractivity contribution in [2.24, 2.45) is 0 Å². The molecule has 8 heteroatoms. The molecule has 6 rings (SSSR count). The fourth-order valence-electron chi connectivity index (χ4n) is 5.61. The van der Waals surface area contributed by atoms with E-state index in [0.717, 1.165) is 61.0 Å². The Kier molecular flexibility index (Phi) is 5.78. The summed E-state index contributed by atoms with van der Waals surface area (Å²) in [5.41, 5.74) is 3.44. The number of carbonyl (C=O) groups is 1. The molecule has 0 saturated carbocycles. The van der Waals surface area contributed by atoms with Crippen molar-refractivity contribution in [1.82, 2.24) is 9.55 Å². The Morgan fingerprint density at radius 1 is 1.29 bits per heavy atom. The lowest BCUT2D eigenvalue weighted by atomic mass is 10.1. The van der Waals surface area contributed by atoms with Crippen molar-refractivity contribution < 1.29 is 9.53 Å². The highest BCUT2D eigenvalue weighted by atomic mass is 32.2. The third-order valence-electron chi connectivity index (χ3n) is 7.27. The van der Waals surface area contributed by atoms with E-state index in [-0.39, 0.29) is 28.9 Å². The lowest BCUT2D eigenvalue weighted by Gasteiger charge is -2.26. The molecular formula is C26H29N3O3S2. The quantitative estimate of drug-likeness (QED) is 0.383. The Balaban J connectivity index is 1.35. The van der Waals surface area contributed by atoms with Gasteiger partial charge in [0.15, 0.2) is 5.16 Å². The van der Waals surface area contributed by atoms with Crippen LogP contribution in [0.4, 0.5) is 5.69 Å². The summed E-state index contributed by atoms with van der Waals surface area (Å²) >= 11 is 3.06. The second-order valence-electron chi connectivity index (χ2n) is 9.63. The van der Waals surface area contributed by atoms with Gasteiger partial charge in [0.1, 0.15) is 4.83 Å². The molecular weight excluding hydrogens is 466 g/mol. The zero-order valence-electron chi connectivity index (χ0n) is 19.6. The number of amides is 1. The molecule has 4 heterocycles. The van der Waals surface area contributed by atoms with Crippen molar-refractivity contribution in [3.05, 3.63) is 50.6 Å². The fraction of sp³-hybridized carbons (Fsp3) is 0.500. The second kappa shape index (κ2) is 8.81. The molecule has 2 aliphatic heterocycles. The number of ether oxygens (including phenoxy) is 1. The van der Waals surface area contributed by atoms with Crippen LogP contribution in [0.1, 0.15) is 49.1 Å². The van der Waals surface area contributed by atoms with Crippen LogP contribution in [-0.2, 0) is 35.3 Å². The van der Waals surface area contributed by atoms with E-state index in [2.05, 4.69) is 13.0 Å². The lowest BCUT2D eigenvalue weighted by Crippen LogP contribution is -2.40. The molecule has 1 fully saturated rings. The van der Waals surface area contributed by atoms with Crippen LogP contribution in [0.3, 0.4) is 0 Å². The molecule has 3 aromatic rings. The van der Waals surface area contributed by atoms with E-state index in [9.17, 15) is 9.59 Å². The van der Waals surface area contributed by atoms with E-state index in [4.69, 9.17) is 9.72 Å². The number of fused-ring (bicyclic) bond motifs is 4. The fourth-order valence-corrected chi connectivity index (χ4v) is 7.88. The first kappa shape index (κ1) is 22.3. The Hall–Kier alpha value is -2.16. The molecule has 2 aromatic heterocycles. The van der Waals surface area contributed by atoms with Crippen molar-refractivity contribution in [2.75, 3.05) is 11.5 Å². The molecule has 0 spiro atoms. The minimum Gasteiger partial charge on any atom is -0.376 e. The van der Waals surface area contributed by atoms with E-state index in [1.807, 2.05) is 30.0 Å². The second-order valence-corrected chi connectivity index (χ2v) is 12.0. The molecule has 3 unspecified atom stereocenters. The number of hydrogen-bond donors (Lipinski definition) is 0. The predicted octanol–water partition coefficient (Wildman–Crippen LogP) is 4.58. The van der Waals surface area contributed by atoms with Gasteiger partial charge < -0.3 is 9.64 Å². The molecule has 1 aromatic carbocycles. The number of nitrogens with zero attached hydrogens (tertiary/aromatic N) is 3. The van der Waals surface area contributed by atoms with Gasteiger partial charge in [-0.25, -0.2) is 4.98 Å². The van der Waals surface area contributed by atoms with Crippen LogP contribution in [0.25, 0.3) is 10.2 Å². The topological polar surface area (TPSA) is 64.4 Å². The van der Waals surface area contributed by atoms with Crippen LogP contribution < -0.4 is 10.5 Å². The predicted molar refractivity (Wildman–Crippen MR) is 137 cm³/mol. The number of thiophene rings is 1. The first-order valence-electron chi connectivity index (χ1n) is 12.3. The number of benzene rings is 1. The molecule has 3 aliphatic rings. The van der Waals surface area contributed by atoms with Crippen molar-refractivity contribution in [1.29, 1.82) is 0 Å². The van der Waals surface area contributed by atoms with Crippen LogP contribution in [0.5, 0.6) is 0 Å². The lowest BCUT2D eigenvalue weighted by molar-refractivity contribution is -0.118. The summed E-state index contributed by atoms with van der Waals surface area (Å²) in [6.45, 7) is 5.27. The van der Waals surface area contributed by atoms with Gasteiger partial charge in [-0.3, -0.25) is 14.2 Å². The maximum atomic E-state index is 13.7. The van der Waals surface area contributed by atoms with Gasteiger partial charge in [-0.05, 0) is 69.6 Å². The van der Waals surface area contributed by atoms with Gasteiger partial charge in [0.05, 0.1) is 23.3 Å². The molecule has 1 amide bonds. The number of aromatic nitrogens is 2. The summed E-state index contributed by atoms with van der Waals surface area (Å²) in [5.74, 6) is 0.0640. The molecule has 0 bridgehead atoms. The third kappa shape index (κ3) is 3.71. The van der Waals surface area contributed by atoms with Crippen LogP contribution in [-0.4, -0.2) is 39.5 Å². The molecule has 34 heavy (non-hydrogen) atoms. The number of aryl methyl sites for hydroxylation is 2. The van der Waals surface area contributed by atoms with Crippen molar-refractivity contribution >= 4 is 44.9 Å². The minimum atomic E-state index is -0.361. The number of carbonyl (C=O) groups excluding carboxylic acids is 1. The van der Waals surface area contributed by atoms with Crippen LogP contribution in [0, 0.1) is 0 Å². The molecule has 3 atom stereocenters. The summed E-state index contributed by atoms with van der Waals surface area (Å²) in [6.07, 6.45) is 5.97. The first-order chi connectivity index (χ1) is 16.5. The van der Waals surface area contributed by atoms with Crippen LogP contribution in [0.15, 0.2) is 34.2 Å². The Labute approximate surface area is 207 Å². The molecule has 0 radical (unpaired) electrons. The van der Waals surface area contributed by atoms with Crippen molar-refractivity contribution in [2.45, 2.75) is 81.5 Å². The van der Waals surface area contributed by atoms with Gasteiger partial charge >= 0.3 is 0 Å². The van der Waals surface area contributed by atoms with Gasteiger partial charge in [-0.2, -0.15) is 0 Å². The van der Waals surface area contributed by atoms with Crippen LogP contribution >= 0.6 is 23.1 Å². The highest BCUT2D eigenvalue weighted by Crippen LogP contribution is 2.38. The van der Waals surface area contributed by atoms with E-state index in [0.29, 0.717) is 11.7 Å². The standard InChI is InChI=1S/C26H29N3O3S2/c1-15-13-17-7-3-4-10-20(17)29(15)24(30)16(2)33-26-27-23-22(19-9-5-11-21(19)34-23)25(31)28(26)14-18-8-6-12-32-18/h3-4,7,10,15-16,18H,5-6,8-9,11-14H2,1-2H3. The van der Waals surface area contributed by atoms with E-state index >= 15 is 0 Å². The molecule has 0 N–H and O–H groups in total.